The molecule has 1 amide bonds. The molecule has 1 aromatic carbocycles. The first kappa shape index (κ1) is 20.6. The zero-order chi connectivity index (χ0) is 21.8. The molecule has 2 atom stereocenters. The van der Waals surface area contributed by atoms with Crippen LogP contribution < -0.4 is 22.1 Å². The number of primary amides is 1. The molecule has 2 aromatic heterocycles. The van der Waals surface area contributed by atoms with Crippen molar-refractivity contribution in [2.24, 2.45) is 11.5 Å². The van der Waals surface area contributed by atoms with Crippen LogP contribution in [0.2, 0.25) is 0 Å². The number of rotatable bonds is 6. The largest absolute Gasteiger partial charge is 0.365 e. The van der Waals surface area contributed by atoms with Gasteiger partial charge in [0, 0.05) is 41.9 Å². The Balaban J connectivity index is 1.64. The van der Waals surface area contributed by atoms with Crippen LogP contribution in [-0.2, 0) is 0 Å². The fourth-order valence-corrected chi connectivity index (χ4v) is 3.61. The number of nitrogens with two attached hydrogens (primary N) is 2. The topological polar surface area (TPSA) is 145 Å². The van der Waals surface area contributed by atoms with E-state index in [9.17, 15) is 9.18 Å². The van der Waals surface area contributed by atoms with Crippen LogP contribution in [0.4, 0.5) is 21.8 Å². The molecule has 1 fully saturated rings. The Kier molecular flexibility index (Phi) is 5.99. The second-order valence-electron chi connectivity index (χ2n) is 7.45. The van der Waals surface area contributed by atoms with Crippen molar-refractivity contribution in [1.29, 1.82) is 0 Å². The van der Waals surface area contributed by atoms with Gasteiger partial charge in [0.15, 0.2) is 5.82 Å². The van der Waals surface area contributed by atoms with Crippen LogP contribution in [0.15, 0.2) is 42.9 Å². The van der Waals surface area contributed by atoms with Gasteiger partial charge in [-0.15, -0.1) is 0 Å². The summed E-state index contributed by atoms with van der Waals surface area (Å²) in [5.74, 6) is -0.339. The molecule has 1 aliphatic carbocycles. The molecule has 2 heterocycles. The van der Waals surface area contributed by atoms with Crippen molar-refractivity contribution >= 4 is 23.4 Å². The molecule has 31 heavy (non-hydrogen) atoms. The number of hydrogen-bond donors (Lipinski definition) is 4. The second kappa shape index (κ2) is 9.00. The summed E-state index contributed by atoms with van der Waals surface area (Å²) >= 11 is 0. The van der Waals surface area contributed by atoms with Crippen LogP contribution in [0.5, 0.6) is 0 Å². The summed E-state index contributed by atoms with van der Waals surface area (Å²) in [6.45, 7) is 0. The monoisotopic (exact) mass is 422 g/mol. The third-order valence-electron chi connectivity index (χ3n) is 5.17. The normalized spacial score (nSPS) is 18.4. The van der Waals surface area contributed by atoms with Crippen LogP contribution >= 0.6 is 0 Å². The number of hydrogen-bond acceptors (Lipinski definition) is 8. The summed E-state index contributed by atoms with van der Waals surface area (Å²) in [7, 11) is 0. The Labute approximate surface area is 178 Å². The highest BCUT2D eigenvalue weighted by atomic mass is 19.1. The maximum atomic E-state index is 14.3. The Bertz CT molecular complexity index is 1080. The minimum atomic E-state index is -0.702. The van der Waals surface area contributed by atoms with E-state index in [1.54, 1.807) is 24.5 Å². The maximum Gasteiger partial charge on any atom is 0.254 e. The molecule has 9 nitrogen and oxygen atoms in total. The van der Waals surface area contributed by atoms with Crippen LogP contribution in [-0.4, -0.2) is 37.9 Å². The van der Waals surface area contributed by atoms with Crippen LogP contribution in [0.3, 0.4) is 0 Å². The predicted octanol–water partition coefficient (Wildman–Crippen LogP) is 2.60. The van der Waals surface area contributed by atoms with E-state index in [-0.39, 0.29) is 23.5 Å². The lowest BCUT2D eigenvalue weighted by Gasteiger charge is -2.29. The van der Waals surface area contributed by atoms with E-state index in [0.29, 0.717) is 23.0 Å². The summed E-state index contributed by atoms with van der Waals surface area (Å²) in [6, 6.07) is 5.99. The van der Waals surface area contributed by atoms with Gasteiger partial charge < -0.3 is 22.1 Å². The lowest BCUT2D eigenvalue weighted by atomic mass is 9.91. The molecule has 0 bridgehead atoms. The summed E-state index contributed by atoms with van der Waals surface area (Å²) in [4.78, 5) is 28.8. The number of aromatic nitrogens is 4. The quantitative estimate of drug-likeness (QED) is 0.474. The number of carbonyl (C=O) groups excluding carboxylic acids is 1. The van der Waals surface area contributed by atoms with Crippen molar-refractivity contribution in [3.63, 3.8) is 0 Å². The Morgan fingerprint density at radius 1 is 1.10 bits per heavy atom. The first-order chi connectivity index (χ1) is 15.0. The first-order valence-corrected chi connectivity index (χ1v) is 10.0. The van der Waals surface area contributed by atoms with Gasteiger partial charge in [-0.2, -0.15) is 4.98 Å². The van der Waals surface area contributed by atoms with Gasteiger partial charge in [0.2, 0.25) is 5.95 Å². The lowest BCUT2D eigenvalue weighted by molar-refractivity contribution is 0.100. The van der Waals surface area contributed by atoms with Crippen molar-refractivity contribution in [2.75, 3.05) is 10.6 Å². The third kappa shape index (κ3) is 4.92. The van der Waals surface area contributed by atoms with E-state index in [1.807, 2.05) is 0 Å². The molecule has 0 saturated heterocycles. The number of benzene rings is 1. The van der Waals surface area contributed by atoms with Gasteiger partial charge in [0.1, 0.15) is 17.2 Å². The highest BCUT2D eigenvalue weighted by Crippen LogP contribution is 2.26. The second-order valence-corrected chi connectivity index (χ2v) is 7.45. The van der Waals surface area contributed by atoms with Crippen molar-refractivity contribution in [2.45, 2.75) is 37.8 Å². The molecule has 1 saturated carbocycles. The zero-order valence-corrected chi connectivity index (χ0v) is 16.8. The molecule has 1 unspecified atom stereocenters. The van der Waals surface area contributed by atoms with E-state index in [0.717, 1.165) is 25.7 Å². The van der Waals surface area contributed by atoms with Crippen molar-refractivity contribution in [3.05, 3.63) is 54.2 Å². The predicted molar refractivity (Wildman–Crippen MR) is 115 cm³/mol. The molecule has 1 aliphatic rings. The molecular weight excluding hydrogens is 399 g/mol. The number of amides is 1. The first-order valence-electron chi connectivity index (χ1n) is 10.0. The highest BCUT2D eigenvalue weighted by Gasteiger charge is 2.23. The van der Waals surface area contributed by atoms with Crippen LogP contribution in [0.25, 0.3) is 11.4 Å². The summed E-state index contributed by atoms with van der Waals surface area (Å²) in [5, 5.41) is 6.21. The molecule has 4 rings (SSSR count). The number of anilines is 3. The fraction of sp³-hybridized carbons (Fsp3) is 0.286. The average Bonchev–Trinajstić information content (AvgIpc) is 2.75. The molecule has 0 radical (unpaired) electrons. The van der Waals surface area contributed by atoms with Crippen LogP contribution in [0, 0.1) is 5.82 Å². The van der Waals surface area contributed by atoms with Gasteiger partial charge in [-0.05, 0) is 37.1 Å². The van der Waals surface area contributed by atoms with Gasteiger partial charge in [-0.3, -0.25) is 4.79 Å². The van der Waals surface area contributed by atoms with E-state index < -0.39 is 11.7 Å². The smallest absolute Gasteiger partial charge is 0.254 e. The Morgan fingerprint density at radius 2 is 1.87 bits per heavy atom. The van der Waals surface area contributed by atoms with Gasteiger partial charge in [-0.1, -0.05) is 12.8 Å². The maximum absolute atomic E-state index is 14.3. The van der Waals surface area contributed by atoms with Gasteiger partial charge in [0.25, 0.3) is 5.91 Å². The van der Waals surface area contributed by atoms with Gasteiger partial charge in [-0.25, -0.2) is 19.3 Å². The Morgan fingerprint density at radius 3 is 2.61 bits per heavy atom. The lowest BCUT2D eigenvalue weighted by Crippen LogP contribution is -2.43. The van der Waals surface area contributed by atoms with E-state index >= 15 is 0 Å². The third-order valence-corrected chi connectivity index (χ3v) is 5.17. The molecule has 0 aliphatic heterocycles. The molecule has 3 aromatic rings. The Hall–Kier alpha value is -3.66. The summed E-state index contributed by atoms with van der Waals surface area (Å²) in [5.41, 5.74) is 12.6. The number of nitrogens with one attached hydrogen (secondary N) is 2. The number of nitrogens with zero attached hydrogens (tertiary/aromatic N) is 4. The fourth-order valence-electron chi connectivity index (χ4n) is 3.61. The molecule has 6 N–H and O–H groups in total. The van der Waals surface area contributed by atoms with Crippen molar-refractivity contribution in [3.8, 4) is 11.4 Å². The van der Waals surface area contributed by atoms with Crippen molar-refractivity contribution in [1.82, 2.24) is 19.9 Å². The summed E-state index contributed by atoms with van der Waals surface area (Å²) < 4.78 is 14.3. The van der Waals surface area contributed by atoms with E-state index in [2.05, 4.69) is 30.6 Å². The SMILES string of the molecule is NC(=O)c1cnc(NC2CCCC[C@@H]2N)nc1Nc1cc(F)cc(-c2ncccn2)c1. The number of halogens is 1. The summed E-state index contributed by atoms with van der Waals surface area (Å²) in [6.07, 6.45) is 8.50. The highest BCUT2D eigenvalue weighted by molar-refractivity contribution is 5.98. The van der Waals surface area contributed by atoms with Crippen molar-refractivity contribution < 1.29 is 9.18 Å². The molecule has 160 valence electrons. The molecule has 10 heteroatoms. The van der Waals surface area contributed by atoms with Gasteiger partial charge in [0.05, 0.1) is 0 Å². The number of carbonyl (C=O) groups is 1. The van der Waals surface area contributed by atoms with Gasteiger partial charge >= 0.3 is 0 Å². The van der Waals surface area contributed by atoms with E-state index in [1.165, 1.54) is 18.3 Å². The zero-order valence-electron chi connectivity index (χ0n) is 16.8. The minimum Gasteiger partial charge on any atom is -0.365 e. The minimum absolute atomic E-state index is 0.00114. The molecule has 0 spiro atoms. The standard InChI is InChI=1S/C21H23FN8O/c22-13-8-12(19-25-6-3-7-26-19)9-14(10-13)28-20-15(18(24)31)11-27-21(30-20)29-17-5-2-1-4-16(17)23/h3,6-11,16-17H,1-2,4-5,23H2,(H2,24,31)(H2,27,28,29,30)/t16-,17?/m0/s1. The van der Waals surface area contributed by atoms with Crippen LogP contribution in [0.1, 0.15) is 36.0 Å². The van der Waals surface area contributed by atoms with E-state index in [4.69, 9.17) is 11.5 Å². The average molecular weight is 422 g/mol. The molecular formula is C21H23FN8O.